The maximum absolute atomic E-state index is 12.1. The van der Waals surface area contributed by atoms with Crippen molar-refractivity contribution in [1.82, 2.24) is 10.3 Å². The minimum absolute atomic E-state index is 0.00256. The maximum Gasteiger partial charge on any atom is 0.224 e. The lowest BCUT2D eigenvalue weighted by Gasteiger charge is -2.04. The molecule has 0 atom stereocenters. The summed E-state index contributed by atoms with van der Waals surface area (Å²) >= 11 is 5.00. The molecule has 3 rings (SSSR count). The summed E-state index contributed by atoms with van der Waals surface area (Å²) in [5.74, 6) is 0.00256. The number of hydrogen-bond donors (Lipinski definition) is 1. The van der Waals surface area contributed by atoms with Gasteiger partial charge in [0.25, 0.3) is 0 Å². The third-order valence-corrected chi connectivity index (χ3v) is 5.12. The van der Waals surface area contributed by atoms with Crippen LogP contribution in [0.2, 0.25) is 0 Å². The van der Waals surface area contributed by atoms with Crippen LogP contribution in [0.25, 0.3) is 10.6 Å². The van der Waals surface area contributed by atoms with Crippen LogP contribution in [-0.2, 0) is 17.8 Å². The van der Waals surface area contributed by atoms with Crippen LogP contribution in [0, 0.1) is 6.92 Å². The third-order valence-electron chi connectivity index (χ3n) is 3.67. The number of carbonyl (C=O) groups is 1. The van der Waals surface area contributed by atoms with E-state index in [-0.39, 0.29) is 5.91 Å². The van der Waals surface area contributed by atoms with Gasteiger partial charge in [0, 0.05) is 15.4 Å². The Morgan fingerprint density at radius 3 is 2.67 bits per heavy atom. The lowest BCUT2D eigenvalue weighted by atomic mass is 10.1. The first-order valence-corrected chi connectivity index (χ1v) is 9.30. The van der Waals surface area contributed by atoms with Crippen molar-refractivity contribution in [2.75, 3.05) is 0 Å². The number of halogens is 1. The van der Waals surface area contributed by atoms with Crippen molar-refractivity contribution in [3.05, 3.63) is 75.2 Å². The lowest BCUT2D eigenvalue weighted by molar-refractivity contribution is -0.120. The fourth-order valence-electron chi connectivity index (χ4n) is 2.36. The fourth-order valence-corrected chi connectivity index (χ4v) is 3.54. The van der Waals surface area contributed by atoms with Crippen LogP contribution >= 0.6 is 27.3 Å². The van der Waals surface area contributed by atoms with E-state index >= 15 is 0 Å². The molecule has 0 aliphatic rings. The van der Waals surface area contributed by atoms with Gasteiger partial charge < -0.3 is 5.32 Å². The van der Waals surface area contributed by atoms with Gasteiger partial charge in [-0.2, -0.15) is 0 Å². The van der Waals surface area contributed by atoms with E-state index in [9.17, 15) is 4.79 Å². The Hall–Kier alpha value is -1.98. The lowest BCUT2D eigenvalue weighted by Crippen LogP contribution is -2.24. The van der Waals surface area contributed by atoms with E-state index in [4.69, 9.17) is 0 Å². The third kappa shape index (κ3) is 4.30. The molecule has 0 bridgehead atoms. The van der Waals surface area contributed by atoms with E-state index < -0.39 is 0 Å². The number of amides is 1. The van der Waals surface area contributed by atoms with Gasteiger partial charge in [-0.15, -0.1) is 11.3 Å². The van der Waals surface area contributed by atoms with Crippen molar-refractivity contribution in [2.45, 2.75) is 19.9 Å². The number of nitrogens with zero attached hydrogens (tertiary/aromatic N) is 1. The molecule has 0 spiro atoms. The maximum atomic E-state index is 12.1. The molecule has 1 aromatic heterocycles. The number of rotatable bonds is 5. The molecule has 0 fully saturated rings. The van der Waals surface area contributed by atoms with Gasteiger partial charge in [0.2, 0.25) is 5.91 Å². The molecule has 122 valence electrons. The van der Waals surface area contributed by atoms with Crippen molar-refractivity contribution in [3.8, 4) is 10.6 Å². The summed E-state index contributed by atoms with van der Waals surface area (Å²) in [4.78, 5) is 16.7. The monoisotopic (exact) mass is 400 g/mol. The van der Waals surface area contributed by atoms with Gasteiger partial charge in [-0.3, -0.25) is 4.79 Å². The zero-order valence-corrected chi connectivity index (χ0v) is 15.7. The smallest absolute Gasteiger partial charge is 0.224 e. The Morgan fingerprint density at radius 2 is 1.92 bits per heavy atom. The molecule has 5 heteroatoms. The molecule has 0 aliphatic carbocycles. The van der Waals surface area contributed by atoms with Gasteiger partial charge in [0.05, 0.1) is 18.7 Å². The Bertz CT molecular complexity index is 843. The van der Waals surface area contributed by atoms with Crippen LogP contribution in [0.3, 0.4) is 0 Å². The zero-order chi connectivity index (χ0) is 16.9. The summed E-state index contributed by atoms with van der Waals surface area (Å²) in [5.41, 5.74) is 4.24. The van der Waals surface area contributed by atoms with Crippen molar-refractivity contribution in [3.63, 3.8) is 0 Å². The van der Waals surface area contributed by atoms with Crippen LogP contribution in [-0.4, -0.2) is 10.9 Å². The Morgan fingerprint density at radius 1 is 1.17 bits per heavy atom. The summed E-state index contributed by atoms with van der Waals surface area (Å²) < 4.78 is 1.01. The number of aryl methyl sites for hydroxylation is 1. The Balaban J connectivity index is 1.58. The predicted molar refractivity (Wildman–Crippen MR) is 102 cm³/mol. The molecule has 0 aliphatic heterocycles. The van der Waals surface area contributed by atoms with Crippen LogP contribution < -0.4 is 5.32 Å². The molecule has 0 saturated carbocycles. The summed E-state index contributed by atoms with van der Waals surface area (Å²) in [5, 5.41) is 5.93. The van der Waals surface area contributed by atoms with Crippen LogP contribution in [0.1, 0.15) is 16.8 Å². The van der Waals surface area contributed by atoms with Gasteiger partial charge in [0.15, 0.2) is 0 Å². The minimum Gasteiger partial charge on any atom is -0.350 e. The van der Waals surface area contributed by atoms with Gasteiger partial charge >= 0.3 is 0 Å². The average Bonchev–Trinajstić information content (AvgIpc) is 3.04. The molecule has 0 saturated heterocycles. The second-order valence-corrected chi connectivity index (χ2v) is 7.31. The molecular formula is C19H17BrN2OS. The molecule has 0 unspecified atom stereocenters. The van der Waals surface area contributed by atoms with Gasteiger partial charge in [-0.05, 0) is 30.2 Å². The average molecular weight is 401 g/mol. The number of benzene rings is 2. The summed E-state index contributed by atoms with van der Waals surface area (Å²) in [7, 11) is 0. The second kappa shape index (κ2) is 7.73. The SMILES string of the molecule is Cc1ccccc1-c1nc(CNC(=O)Cc2ccc(Br)cc2)cs1. The van der Waals surface area contributed by atoms with E-state index in [0.717, 1.165) is 26.3 Å². The molecule has 1 N–H and O–H groups in total. The van der Waals surface area contributed by atoms with E-state index in [1.54, 1.807) is 11.3 Å². The summed E-state index contributed by atoms with van der Waals surface area (Å²) in [6, 6.07) is 16.0. The zero-order valence-electron chi connectivity index (χ0n) is 13.3. The fraction of sp³-hybridized carbons (Fsp3) is 0.158. The van der Waals surface area contributed by atoms with Crippen LogP contribution in [0.15, 0.2) is 58.4 Å². The van der Waals surface area contributed by atoms with Gasteiger partial charge in [-0.1, -0.05) is 52.3 Å². The van der Waals surface area contributed by atoms with Crippen molar-refractivity contribution >= 4 is 33.2 Å². The van der Waals surface area contributed by atoms with Crippen molar-refractivity contribution in [1.29, 1.82) is 0 Å². The predicted octanol–water partition coefficient (Wildman–Crippen LogP) is 4.74. The standard InChI is InChI=1S/C19H17BrN2OS/c1-13-4-2-3-5-17(13)19-22-16(12-24-19)11-21-18(23)10-14-6-8-15(20)9-7-14/h2-9,12H,10-11H2,1H3,(H,21,23). The molecule has 1 amide bonds. The largest absolute Gasteiger partial charge is 0.350 e. The second-order valence-electron chi connectivity index (χ2n) is 5.54. The normalized spacial score (nSPS) is 10.6. The first-order valence-electron chi connectivity index (χ1n) is 7.63. The highest BCUT2D eigenvalue weighted by atomic mass is 79.9. The number of aromatic nitrogens is 1. The molecule has 2 aromatic carbocycles. The highest BCUT2D eigenvalue weighted by Crippen LogP contribution is 2.26. The van der Waals surface area contributed by atoms with Crippen LogP contribution in [0.5, 0.6) is 0 Å². The van der Waals surface area contributed by atoms with E-state index in [0.29, 0.717) is 13.0 Å². The van der Waals surface area contributed by atoms with E-state index in [1.165, 1.54) is 5.56 Å². The van der Waals surface area contributed by atoms with Gasteiger partial charge in [0.1, 0.15) is 5.01 Å². The quantitative estimate of drug-likeness (QED) is 0.671. The van der Waals surface area contributed by atoms with Crippen molar-refractivity contribution in [2.24, 2.45) is 0 Å². The van der Waals surface area contributed by atoms with E-state index in [1.807, 2.05) is 41.8 Å². The highest BCUT2D eigenvalue weighted by Gasteiger charge is 2.08. The first-order chi connectivity index (χ1) is 11.6. The molecule has 24 heavy (non-hydrogen) atoms. The highest BCUT2D eigenvalue weighted by molar-refractivity contribution is 9.10. The molecule has 1 heterocycles. The first kappa shape index (κ1) is 16.9. The Kier molecular flexibility index (Phi) is 5.43. The summed E-state index contributed by atoms with van der Waals surface area (Å²) in [6.45, 7) is 2.54. The molecule has 0 radical (unpaired) electrons. The van der Waals surface area contributed by atoms with Gasteiger partial charge in [-0.25, -0.2) is 4.98 Å². The molecular weight excluding hydrogens is 384 g/mol. The molecule has 3 nitrogen and oxygen atoms in total. The number of hydrogen-bond acceptors (Lipinski definition) is 3. The van der Waals surface area contributed by atoms with Crippen molar-refractivity contribution < 1.29 is 4.79 Å². The molecule has 3 aromatic rings. The van der Waals surface area contributed by atoms with E-state index in [2.05, 4.69) is 45.3 Å². The number of thiazole rings is 1. The minimum atomic E-state index is 0.00256. The summed E-state index contributed by atoms with van der Waals surface area (Å²) in [6.07, 6.45) is 0.377. The Labute approximate surface area is 153 Å². The van der Waals surface area contributed by atoms with Crippen LogP contribution in [0.4, 0.5) is 0 Å². The number of nitrogens with one attached hydrogen (secondary N) is 1. The topological polar surface area (TPSA) is 42.0 Å². The number of carbonyl (C=O) groups excluding carboxylic acids is 1.